The second-order valence-corrected chi connectivity index (χ2v) is 8.44. The van der Waals surface area contributed by atoms with E-state index in [-0.39, 0.29) is 0 Å². The molecule has 0 bridgehead atoms. The van der Waals surface area contributed by atoms with Crippen molar-refractivity contribution in [2.75, 3.05) is 7.11 Å². The summed E-state index contributed by atoms with van der Waals surface area (Å²) >= 11 is 7.34. The second kappa shape index (κ2) is 8.57. The van der Waals surface area contributed by atoms with Gasteiger partial charge in [0.25, 0.3) is 0 Å². The third-order valence-electron chi connectivity index (χ3n) is 4.86. The van der Waals surface area contributed by atoms with Gasteiger partial charge in [0, 0.05) is 28.3 Å². The molecule has 2 aromatic carbocycles. The largest absolute Gasteiger partial charge is 0.497 e. The minimum absolute atomic E-state index is 0.383. The van der Waals surface area contributed by atoms with Crippen LogP contribution in [0.4, 0.5) is 0 Å². The first kappa shape index (κ1) is 20.4. The highest BCUT2D eigenvalue weighted by Crippen LogP contribution is 2.26. The van der Waals surface area contributed by atoms with Crippen molar-refractivity contribution in [1.82, 2.24) is 15.1 Å². The minimum Gasteiger partial charge on any atom is -0.497 e. The molecule has 5 rings (SSSR count). The molecule has 32 heavy (non-hydrogen) atoms. The molecule has 0 unspecified atom stereocenters. The van der Waals surface area contributed by atoms with Crippen molar-refractivity contribution in [2.45, 2.75) is 12.8 Å². The number of thiazole rings is 1. The molecule has 160 valence electrons. The van der Waals surface area contributed by atoms with Crippen LogP contribution in [0.2, 0.25) is 5.02 Å². The van der Waals surface area contributed by atoms with Crippen LogP contribution >= 0.6 is 22.9 Å². The number of hydrogen-bond donors (Lipinski definition) is 0. The molecule has 0 aliphatic carbocycles. The van der Waals surface area contributed by atoms with E-state index in [0.717, 1.165) is 16.0 Å². The number of hydrogen-bond acceptors (Lipinski definition) is 8. The molecule has 0 radical (unpaired) electrons. The van der Waals surface area contributed by atoms with Gasteiger partial charge in [-0.05, 0) is 35.9 Å². The number of ether oxygens (including phenoxy) is 1. The zero-order valence-corrected chi connectivity index (χ0v) is 18.4. The molecule has 0 aliphatic rings. The molecule has 0 fully saturated rings. The van der Waals surface area contributed by atoms with E-state index in [0.29, 0.717) is 52.2 Å². The highest BCUT2D eigenvalue weighted by Gasteiger charge is 2.15. The monoisotopic (exact) mass is 465 g/mol. The van der Waals surface area contributed by atoms with Crippen molar-refractivity contribution in [3.63, 3.8) is 0 Å². The lowest BCUT2D eigenvalue weighted by Crippen LogP contribution is -2.03. The van der Waals surface area contributed by atoms with Crippen molar-refractivity contribution >= 4 is 33.9 Å². The molecular formula is C23H16ClN3O4S. The molecule has 0 atom stereocenters. The topological polar surface area (TPSA) is 91.3 Å². The Labute approximate surface area is 191 Å². The number of rotatable bonds is 6. The molecule has 7 nitrogen and oxygen atoms in total. The minimum atomic E-state index is -0.453. The molecule has 5 aromatic rings. The van der Waals surface area contributed by atoms with Crippen LogP contribution in [-0.4, -0.2) is 22.2 Å². The van der Waals surface area contributed by atoms with Gasteiger partial charge < -0.3 is 13.7 Å². The van der Waals surface area contributed by atoms with Gasteiger partial charge in [-0.2, -0.15) is 4.98 Å². The quantitative estimate of drug-likeness (QED) is 0.320. The van der Waals surface area contributed by atoms with E-state index in [2.05, 4.69) is 15.1 Å². The van der Waals surface area contributed by atoms with E-state index in [1.807, 2.05) is 41.8 Å². The third-order valence-corrected chi connectivity index (χ3v) is 5.96. The Morgan fingerprint density at radius 3 is 2.72 bits per heavy atom. The number of fused-ring (bicyclic) bond motifs is 1. The zero-order chi connectivity index (χ0) is 22.1. The third kappa shape index (κ3) is 4.28. The zero-order valence-electron chi connectivity index (χ0n) is 16.9. The SMILES string of the molecule is COc1ccc2cc(-c3csc(Cc4nc(Cc5ccc(Cl)cc5)no4)n3)c(=O)oc2c1. The first-order valence-electron chi connectivity index (χ1n) is 9.70. The first-order valence-corrected chi connectivity index (χ1v) is 11.0. The van der Waals surface area contributed by atoms with E-state index in [1.54, 1.807) is 19.2 Å². The van der Waals surface area contributed by atoms with Gasteiger partial charge in [-0.3, -0.25) is 0 Å². The fraction of sp³-hybridized carbons (Fsp3) is 0.130. The fourth-order valence-electron chi connectivity index (χ4n) is 3.26. The highest BCUT2D eigenvalue weighted by molar-refractivity contribution is 7.10. The van der Waals surface area contributed by atoms with Crippen molar-refractivity contribution in [3.8, 4) is 17.0 Å². The summed E-state index contributed by atoms with van der Waals surface area (Å²) < 4.78 is 16.0. The smallest absolute Gasteiger partial charge is 0.345 e. The van der Waals surface area contributed by atoms with Crippen molar-refractivity contribution < 1.29 is 13.7 Å². The van der Waals surface area contributed by atoms with Gasteiger partial charge in [0.15, 0.2) is 5.82 Å². The molecule has 9 heteroatoms. The summed E-state index contributed by atoms with van der Waals surface area (Å²) in [7, 11) is 1.56. The molecule has 0 saturated carbocycles. The Morgan fingerprint density at radius 2 is 1.91 bits per heavy atom. The Hall–Kier alpha value is -3.49. The van der Waals surface area contributed by atoms with Gasteiger partial charge in [0.05, 0.1) is 24.8 Å². The van der Waals surface area contributed by atoms with Crippen molar-refractivity contribution in [3.05, 3.63) is 91.6 Å². The fourth-order valence-corrected chi connectivity index (χ4v) is 4.17. The van der Waals surface area contributed by atoms with Crippen LogP contribution in [0.1, 0.15) is 22.3 Å². The van der Waals surface area contributed by atoms with E-state index in [4.69, 9.17) is 25.3 Å². The Morgan fingerprint density at radius 1 is 1.06 bits per heavy atom. The lowest BCUT2D eigenvalue weighted by Gasteiger charge is -2.02. The van der Waals surface area contributed by atoms with Crippen LogP contribution in [-0.2, 0) is 12.8 Å². The van der Waals surface area contributed by atoms with E-state index in [1.165, 1.54) is 11.3 Å². The van der Waals surface area contributed by atoms with Crippen LogP contribution in [0.3, 0.4) is 0 Å². The van der Waals surface area contributed by atoms with Crippen molar-refractivity contribution in [2.24, 2.45) is 0 Å². The number of nitrogens with zero attached hydrogens (tertiary/aromatic N) is 3. The number of benzene rings is 2. The van der Waals surface area contributed by atoms with Crippen LogP contribution in [0, 0.1) is 0 Å². The molecule has 3 aromatic heterocycles. The average molecular weight is 466 g/mol. The Kier molecular flexibility index (Phi) is 5.46. The molecule has 0 saturated heterocycles. The van der Waals surface area contributed by atoms with E-state index < -0.39 is 5.63 Å². The molecular weight excluding hydrogens is 450 g/mol. The number of aromatic nitrogens is 3. The van der Waals surface area contributed by atoms with Crippen LogP contribution in [0.5, 0.6) is 5.75 Å². The van der Waals surface area contributed by atoms with Crippen LogP contribution in [0.25, 0.3) is 22.2 Å². The summed E-state index contributed by atoms with van der Waals surface area (Å²) in [5, 5.41) is 8.09. The summed E-state index contributed by atoms with van der Waals surface area (Å²) in [6.07, 6.45) is 0.932. The summed E-state index contributed by atoms with van der Waals surface area (Å²) in [5.41, 5.74) is 2.01. The lowest BCUT2D eigenvalue weighted by molar-refractivity contribution is 0.380. The van der Waals surface area contributed by atoms with Gasteiger partial charge in [-0.25, -0.2) is 9.78 Å². The predicted octanol–water partition coefficient (Wildman–Crippen LogP) is 5.14. The van der Waals surface area contributed by atoms with Crippen molar-refractivity contribution in [1.29, 1.82) is 0 Å². The second-order valence-electron chi connectivity index (χ2n) is 7.06. The van der Waals surface area contributed by atoms with Gasteiger partial charge >= 0.3 is 5.63 Å². The maximum absolute atomic E-state index is 12.5. The summed E-state index contributed by atoms with van der Waals surface area (Å²) in [5.74, 6) is 1.68. The van der Waals surface area contributed by atoms with Gasteiger partial charge in [-0.1, -0.05) is 28.9 Å². The van der Waals surface area contributed by atoms with Crippen LogP contribution < -0.4 is 10.4 Å². The summed E-state index contributed by atoms with van der Waals surface area (Å²) in [6, 6.07) is 14.6. The average Bonchev–Trinajstić information content (AvgIpc) is 3.44. The molecule has 0 N–H and O–H groups in total. The van der Waals surface area contributed by atoms with Gasteiger partial charge in [-0.15, -0.1) is 11.3 Å². The Balaban J connectivity index is 1.34. The maximum Gasteiger partial charge on any atom is 0.345 e. The number of methoxy groups -OCH3 is 1. The summed E-state index contributed by atoms with van der Waals surface area (Å²) in [6.45, 7) is 0. The predicted molar refractivity (Wildman–Crippen MR) is 122 cm³/mol. The molecule has 0 spiro atoms. The Bertz CT molecular complexity index is 1460. The maximum atomic E-state index is 12.5. The standard InChI is InChI=1S/C23H16ClN3O4S/c1-29-16-7-4-14-9-17(23(28)30-19(14)10-16)18-12-32-22(25-18)11-21-26-20(27-31-21)8-13-2-5-15(24)6-3-13/h2-7,9-10,12H,8,11H2,1H3. The lowest BCUT2D eigenvalue weighted by atomic mass is 10.1. The first-order chi connectivity index (χ1) is 15.6. The van der Waals surface area contributed by atoms with E-state index >= 15 is 0 Å². The van der Waals surface area contributed by atoms with E-state index in [9.17, 15) is 4.79 Å². The highest BCUT2D eigenvalue weighted by atomic mass is 35.5. The number of halogens is 1. The summed E-state index contributed by atoms with van der Waals surface area (Å²) in [4.78, 5) is 21.5. The van der Waals surface area contributed by atoms with Crippen LogP contribution in [0.15, 0.2) is 67.6 Å². The molecule has 0 amide bonds. The van der Waals surface area contributed by atoms with Gasteiger partial charge in [0.1, 0.15) is 16.3 Å². The van der Waals surface area contributed by atoms with Gasteiger partial charge in [0.2, 0.25) is 5.89 Å². The normalized spacial score (nSPS) is 11.2. The molecule has 0 aliphatic heterocycles. The molecule has 3 heterocycles.